The van der Waals surface area contributed by atoms with Crippen molar-refractivity contribution >= 4 is 0 Å². The molecule has 100 valence electrons. The molecule has 0 saturated heterocycles. The number of rotatable bonds is 6. The van der Waals surface area contributed by atoms with Crippen LogP contribution in [0.5, 0.6) is 0 Å². The Balaban J connectivity index is -0.000000103. The lowest BCUT2D eigenvalue weighted by Crippen LogP contribution is -1.70. The molecule has 0 heterocycles. The van der Waals surface area contributed by atoms with E-state index in [-0.39, 0.29) is 0 Å². The summed E-state index contributed by atoms with van der Waals surface area (Å²) < 4.78 is 0. The molecular weight excluding hydrogens is 192 g/mol. The van der Waals surface area contributed by atoms with Crippen LogP contribution in [0.3, 0.4) is 0 Å². The van der Waals surface area contributed by atoms with Gasteiger partial charge in [-0.25, -0.2) is 0 Å². The highest BCUT2D eigenvalue weighted by Crippen LogP contribution is 2.00. The first-order valence-corrected chi connectivity index (χ1v) is 7.06. The maximum atomic E-state index is 3.00. The average Bonchev–Trinajstić information content (AvgIpc) is 2.41. The summed E-state index contributed by atoms with van der Waals surface area (Å²) in [5, 5.41) is 0. The maximum Gasteiger partial charge on any atom is -0.0351 e. The molecule has 0 aromatic carbocycles. The SMILES string of the molecule is C=C.CC.CC.CCC/C=C\CCCCC. The first-order valence-electron chi connectivity index (χ1n) is 7.06. The Morgan fingerprint density at radius 1 is 0.688 bits per heavy atom. The fraction of sp³-hybridized carbons (Fsp3) is 0.750. The highest BCUT2D eigenvalue weighted by molar-refractivity contribution is 4.80. The molecular formula is C16H36. The zero-order valence-electron chi connectivity index (χ0n) is 12.8. The van der Waals surface area contributed by atoms with Crippen molar-refractivity contribution in [2.45, 2.75) is 80.1 Å². The largest absolute Gasteiger partial charge is 0.106 e. The zero-order chi connectivity index (χ0) is 13.7. The Kier molecular flexibility index (Phi) is 72.4. The molecule has 0 spiro atoms. The molecule has 0 aliphatic carbocycles. The standard InChI is InChI=1S/C10H20.2C2H6.C2H4/c1-3-5-7-9-10-8-6-4-2;3*1-2/h7,9H,3-6,8,10H2,1-2H3;2*1-2H3;1-2H2/b9-7-;;;. The zero-order valence-corrected chi connectivity index (χ0v) is 12.8. The van der Waals surface area contributed by atoms with Gasteiger partial charge in [0.05, 0.1) is 0 Å². The second-order valence-corrected chi connectivity index (χ2v) is 2.76. The summed E-state index contributed by atoms with van der Waals surface area (Å²) >= 11 is 0. The minimum atomic E-state index is 1.26. The minimum Gasteiger partial charge on any atom is -0.106 e. The van der Waals surface area contributed by atoms with Crippen LogP contribution in [0.1, 0.15) is 80.1 Å². The molecule has 0 aromatic rings. The normalized spacial score (nSPS) is 7.88. The van der Waals surface area contributed by atoms with E-state index in [0.717, 1.165) is 0 Å². The Bertz CT molecular complexity index is 82.0. The van der Waals surface area contributed by atoms with Gasteiger partial charge >= 0.3 is 0 Å². The molecule has 0 radical (unpaired) electrons. The van der Waals surface area contributed by atoms with Gasteiger partial charge in [-0.1, -0.05) is 73.0 Å². The first kappa shape index (κ1) is 24.6. The Labute approximate surface area is 106 Å². The highest BCUT2D eigenvalue weighted by atomic mass is 13.9. The van der Waals surface area contributed by atoms with Gasteiger partial charge in [0.2, 0.25) is 0 Å². The van der Waals surface area contributed by atoms with Crippen LogP contribution in [0.25, 0.3) is 0 Å². The first-order chi connectivity index (χ1) is 7.91. The van der Waals surface area contributed by atoms with E-state index in [1.165, 1.54) is 38.5 Å². The molecule has 0 rings (SSSR count). The molecule has 0 atom stereocenters. The average molecular weight is 228 g/mol. The third kappa shape index (κ3) is 50.0. The van der Waals surface area contributed by atoms with Crippen molar-refractivity contribution in [3.05, 3.63) is 25.3 Å². The quantitative estimate of drug-likeness (QED) is 0.347. The summed E-state index contributed by atoms with van der Waals surface area (Å²) in [4.78, 5) is 0. The molecule has 0 aliphatic heterocycles. The van der Waals surface area contributed by atoms with Gasteiger partial charge in [-0.2, -0.15) is 0 Å². The molecule has 0 aliphatic rings. The minimum absolute atomic E-state index is 1.26. The summed E-state index contributed by atoms with van der Waals surface area (Å²) in [6.07, 6.45) is 12.5. The van der Waals surface area contributed by atoms with Gasteiger partial charge in [-0.3, -0.25) is 0 Å². The molecule has 0 unspecified atom stereocenters. The van der Waals surface area contributed by atoms with Crippen molar-refractivity contribution in [3.63, 3.8) is 0 Å². The third-order valence-corrected chi connectivity index (χ3v) is 1.60. The van der Waals surface area contributed by atoms with Crippen LogP contribution in [-0.2, 0) is 0 Å². The molecule has 16 heavy (non-hydrogen) atoms. The molecule has 0 bridgehead atoms. The van der Waals surface area contributed by atoms with Crippen LogP contribution in [0.4, 0.5) is 0 Å². The van der Waals surface area contributed by atoms with E-state index in [4.69, 9.17) is 0 Å². The predicted octanol–water partition coefficient (Wildman–Crippen LogP) is 6.78. The molecule has 0 saturated carbocycles. The highest BCUT2D eigenvalue weighted by Gasteiger charge is 1.80. The second kappa shape index (κ2) is 47.0. The van der Waals surface area contributed by atoms with Gasteiger partial charge in [-0.15, -0.1) is 13.2 Å². The number of allylic oxidation sites excluding steroid dienone is 2. The van der Waals surface area contributed by atoms with Crippen LogP contribution in [0, 0.1) is 0 Å². The third-order valence-electron chi connectivity index (χ3n) is 1.60. The fourth-order valence-corrected chi connectivity index (χ4v) is 0.915. The van der Waals surface area contributed by atoms with Crippen LogP contribution in [0.15, 0.2) is 25.3 Å². The van der Waals surface area contributed by atoms with Crippen LogP contribution in [-0.4, -0.2) is 0 Å². The van der Waals surface area contributed by atoms with E-state index in [2.05, 4.69) is 39.2 Å². The topological polar surface area (TPSA) is 0 Å². The second-order valence-electron chi connectivity index (χ2n) is 2.76. The molecule has 0 heteroatoms. The van der Waals surface area contributed by atoms with Gasteiger partial charge in [-0.05, 0) is 19.3 Å². The van der Waals surface area contributed by atoms with Gasteiger partial charge in [0.1, 0.15) is 0 Å². The number of unbranched alkanes of at least 4 members (excludes halogenated alkanes) is 4. The Hall–Kier alpha value is -0.520. The maximum absolute atomic E-state index is 3.00. The molecule has 0 nitrogen and oxygen atoms in total. The number of hydrogen-bond donors (Lipinski definition) is 0. The summed E-state index contributed by atoms with van der Waals surface area (Å²) in [5.74, 6) is 0. The van der Waals surface area contributed by atoms with Crippen LogP contribution >= 0.6 is 0 Å². The van der Waals surface area contributed by atoms with Crippen molar-refractivity contribution in [1.29, 1.82) is 0 Å². The van der Waals surface area contributed by atoms with Crippen LogP contribution < -0.4 is 0 Å². The van der Waals surface area contributed by atoms with Crippen molar-refractivity contribution in [2.24, 2.45) is 0 Å². The van der Waals surface area contributed by atoms with E-state index in [0.29, 0.717) is 0 Å². The monoisotopic (exact) mass is 228 g/mol. The van der Waals surface area contributed by atoms with E-state index in [9.17, 15) is 0 Å². The van der Waals surface area contributed by atoms with Crippen molar-refractivity contribution in [2.75, 3.05) is 0 Å². The molecule has 0 aromatic heterocycles. The fourth-order valence-electron chi connectivity index (χ4n) is 0.915. The van der Waals surface area contributed by atoms with E-state index in [1.54, 1.807) is 0 Å². The van der Waals surface area contributed by atoms with Gasteiger partial charge in [0.25, 0.3) is 0 Å². The summed E-state index contributed by atoms with van der Waals surface area (Å²) in [6, 6.07) is 0. The van der Waals surface area contributed by atoms with Crippen molar-refractivity contribution in [1.82, 2.24) is 0 Å². The van der Waals surface area contributed by atoms with Gasteiger partial charge in [0.15, 0.2) is 0 Å². The van der Waals surface area contributed by atoms with Crippen molar-refractivity contribution in [3.8, 4) is 0 Å². The lowest BCUT2D eigenvalue weighted by atomic mass is 10.2. The van der Waals surface area contributed by atoms with E-state index >= 15 is 0 Å². The Morgan fingerprint density at radius 3 is 1.50 bits per heavy atom. The van der Waals surface area contributed by atoms with Crippen LogP contribution in [0.2, 0.25) is 0 Å². The summed E-state index contributed by atoms with van der Waals surface area (Å²) in [5.41, 5.74) is 0. The smallest absolute Gasteiger partial charge is 0.0351 e. The predicted molar refractivity (Wildman–Crippen MR) is 82.1 cm³/mol. The van der Waals surface area contributed by atoms with Gasteiger partial charge < -0.3 is 0 Å². The molecule has 0 amide bonds. The lowest BCUT2D eigenvalue weighted by molar-refractivity contribution is 0.727. The molecule has 0 N–H and O–H groups in total. The number of hydrogen-bond acceptors (Lipinski definition) is 0. The van der Waals surface area contributed by atoms with Gasteiger partial charge in [0, 0.05) is 0 Å². The van der Waals surface area contributed by atoms with Crippen molar-refractivity contribution < 1.29 is 0 Å². The molecule has 0 fully saturated rings. The Morgan fingerprint density at radius 2 is 1.12 bits per heavy atom. The van der Waals surface area contributed by atoms with E-state index in [1.807, 2.05) is 27.7 Å². The summed E-state index contributed by atoms with van der Waals surface area (Å²) in [7, 11) is 0. The van der Waals surface area contributed by atoms with E-state index < -0.39 is 0 Å². The summed E-state index contributed by atoms with van der Waals surface area (Å²) in [6.45, 7) is 18.5. The lowest BCUT2D eigenvalue weighted by Gasteiger charge is -1.90.